The van der Waals surface area contributed by atoms with Crippen LogP contribution in [0.15, 0.2) is 24.3 Å². The minimum atomic E-state index is -2.95. The van der Waals surface area contributed by atoms with E-state index in [1.807, 2.05) is 24.3 Å². The molecule has 2 rings (SSSR count). The predicted molar refractivity (Wildman–Crippen MR) is 87.8 cm³/mol. The van der Waals surface area contributed by atoms with Crippen molar-refractivity contribution in [2.75, 3.05) is 6.26 Å². The zero-order chi connectivity index (χ0) is 15.5. The molecule has 0 spiro atoms. The Kier molecular flexibility index (Phi) is 5.44. The molecule has 0 heterocycles. The van der Waals surface area contributed by atoms with Gasteiger partial charge in [0, 0.05) is 18.8 Å². The smallest absolute Gasteiger partial charge is 0.151 e. The molecule has 0 aromatic heterocycles. The van der Waals surface area contributed by atoms with Gasteiger partial charge in [0.2, 0.25) is 0 Å². The fourth-order valence-corrected chi connectivity index (χ4v) is 3.85. The summed E-state index contributed by atoms with van der Waals surface area (Å²) in [6, 6.07) is 8.52. The summed E-state index contributed by atoms with van der Waals surface area (Å²) in [6.07, 6.45) is 5.10. The lowest BCUT2D eigenvalue weighted by atomic mass is 9.79. The van der Waals surface area contributed by atoms with Crippen molar-refractivity contribution >= 4 is 9.84 Å². The first-order valence-corrected chi connectivity index (χ1v) is 9.88. The van der Waals surface area contributed by atoms with Crippen LogP contribution in [0.1, 0.15) is 44.2 Å². The van der Waals surface area contributed by atoms with Gasteiger partial charge in [0.05, 0.1) is 5.75 Å². The van der Waals surface area contributed by atoms with Gasteiger partial charge in [0.1, 0.15) is 0 Å². The van der Waals surface area contributed by atoms with E-state index in [1.165, 1.54) is 31.1 Å². The normalized spacial score (nSPS) is 26.7. The Bertz CT molecular complexity index is 551. The minimum Gasteiger partial charge on any atom is -0.310 e. The molecule has 0 amide bonds. The number of hydrogen-bond donors (Lipinski definition) is 1. The van der Waals surface area contributed by atoms with Crippen LogP contribution >= 0.6 is 0 Å². The SMILES string of the molecule is C[C@@H]1CC[C@@H](NCc2ccc(CS(C)(=O)=O)cc2)C[C@@H]1C. The summed E-state index contributed by atoms with van der Waals surface area (Å²) in [6.45, 7) is 5.56. The maximum absolute atomic E-state index is 11.3. The summed E-state index contributed by atoms with van der Waals surface area (Å²) in [5.41, 5.74) is 2.08. The molecule has 0 bridgehead atoms. The van der Waals surface area contributed by atoms with Crippen molar-refractivity contribution < 1.29 is 8.42 Å². The molecule has 1 aromatic carbocycles. The standard InChI is InChI=1S/C17H27NO2S/c1-13-4-9-17(10-14(13)2)18-11-15-5-7-16(8-6-15)12-21(3,19)20/h5-8,13-14,17-18H,4,9-12H2,1-3H3/t13-,14+,17-/m1/s1. The summed E-state index contributed by atoms with van der Waals surface area (Å²) in [7, 11) is -2.95. The Hall–Kier alpha value is -0.870. The number of sulfone groups is 1. The summed E-state index contributed by atoms with van der Waals surface area (Å²) in [4.78, 5) is 0. The van der Waals surface area contributed by atoms with Gasteiger partial charge in [-0.1, -0.05) is 38.1 Å². The first-order chi connectivity index (χ1) is 9.83. The van der Waals surface area contributed by atoms with Crippen molar-refractivity contribution in [1.82, 2.24) is 5.32 Å². The molecule has 1 aromatic rings. The monoisotopic (exact) mass is 309 g/mol. The molecule has 0 unspecified atom stereocenters. The molecule has 0 saturated heterocycles. The van der Waals surface area contributed by atoms with Crippen molar-refractivity contribution in [3.05, 3.63) is 35.4 Å². The van der Waals surface area contributed by atoms with Gasteiger partial charge in [-0.2, -0.15) is 0 Å². The van der Waals surface area contributed by atoms with Crippen molar-refractivity contribution in [1.29, 1.82) is 0 Å². The maximum Gasteiger partial charge on any atom is 0.151 e. The van der Waals surface area contributed by atoms with Crippen molar-refractivity contribution in [3.63, 3.8) is 0 Å². The number of benzene rings is 1. The van der Waals surface area contributed by atoms with Gasteiger partial charge in [0.15, 0.2) is 9.84 Å². The summed E-state index contributed by atoms with van der Waals surface area (Å²) >= 11 is 0. The highest BCUT2D eigenvalue weighted by atomic mass is 32.2. The minimum absolute atomic E-state index is 0.124. The first-order valence-electron chi connectivity index (χ1n) is 7.82. The van der Waals surface area contributed by atoms with E-state index in [0.717, 1.165) is 23.9 Å². The lowest BCUT2D eigenvalue weighted by molar-refractivity contribution is 0.225. The molecule has 3 nitrogen and oxygen atoms in total. The summed E-state index contributed by atoms with van der Waals surface area (Å²) in [5, 5.41) is 3.64. The van der Waals surface area contributed by atoms with Crippen LogP contribution in [-0.4, -0.2) is 20.7 Å². The van der Waals surface area contributed by atoms with Crippen molar-refractivity contribution in [2.24, 2.45) is 11.8 Å². The molecule has 0 radical (unpaired) electrons. The molecule has 118 valence electrons. The van der Waals surface area contributed by atoms with E-state index >= 15 is 0 Å². The van der Waals surface area contributed by atoms with Crippen molar-refractivity contribution in [3.8, 4) is 0 Å². The number of rotatable bonds is 5. The third-order valence-electron chi connectivity index (χ3n) is 4.64. The van der Waals surface area contributed by atoms with Gasteiger partial charge in [0.25, 0.3) is 0 Å². The van der Waals surface area contributed by atoms with E-state index in [9.17, 15) is 8.42 Å². The largest absolute Gasteiger partial charge is 0.310 e. The predicted octanol–water partition coefficient (Wildman–Crippen LogP) is 3.15. The molecule has 1 aliphatic rings. The van der Waals surface area contributed by atoms with Crippen LogP contribution in [-0.2, 0) is 22.1 Å². The van der Waals surface area contributed by atoms with E-state index in [2.05, 4.69) is 19.2 Å². The maximum atomic E-state index is 11.3. The Labute approximate surface area is 129 Å². The van der Waals surface area contributed by atoms with Gasteiger partial charge in [-0.25, -0.2) is 8.42 Å². The van der Waals surface area contributed by atoms with Crippen LogP contribution in [0.25, 0.3) is 0 Å². The molecule has 1 N–H and O–H groups in total. The zero-order valence-electron chi connectivity index (χ0n) is 13.3. The van der Waals surface area contributed by atoms with Gasteiger partial charge in [-0.15, -0.1) is 0 Å². The van der Waals surface area contributed by atoms with E-state index in [0.29, 0.717) is 6.04 Å². The van der Waals surface area contributed by atoms with Crippen LogP contribution in [0.3, 0.4) is 0 Å². The third kappa shape index (κ3) is 5.44. The molecule has 3 atom stereocenters. The molecule has 1 saturated carbocycles. The number of nitrogens with one attached hydrogen (secondary N) is 1. The molecule has 1 aliphatic carbocycles. The van der Waals surface area contributed by atoms with Gasteiger partial charge >= 0.3 is 0 Å². The van der Waals surface area contributed by atoms with Crippen LogP contribution in [0.4, 0.5) is 0 Å². The number of hydrogen-bond acceptors (Lipinski definition) is 3. The fraction of sp³-hybridized carbons (Fsp3) is 0.647. The topological polar surface area (TPSA) is 46.2 Å². The Morgan fingerprint density at radius 2 is 1.67 bits per heavy atom. The van der Waals surface area contributed by atoms with Crippen molar-refractivity contribution in [2.45, 2.75) is 51.4 Å². The highest BCUT2D eigenvalue weighted by molar-refractivity contribution is 7.89. The highest BCUT2D eigenvalue weighted by Gasteiger charge is 2.23. The van der Waals surface area contributed by atoms with E-state index in [1.54, 1.807) is 0 Å². The Morgan fingerprint density at radius 1 is 1.05 bits per heavy atom. The average molecular weight is 309 g/mol. The fourth-order valence-electron chi connectivity index (χ4n) is 3.05. The third-order valence-corrected chi connectivity index (χ3v) is 5.50. The van der Waals surface area contributed by atoms with Gasteiger partial charge < -0.3 is 5.32 Å². The van der Waals surface area contributed by atoms with E-state index < -0.39 is 9.84 Å². The lowest BCUT2D eigenvalue weighted by Gasteiger charge is -2.32. The van der Waals surface area contributed by atoms with Crippen LogP contribution in [0.5, 0.6) is 0 Å². The second kappa shape index (κ2) is 6.93. The van der Waals surface area contributed by atoms with Gasteiger partial charge in [-0.05, 0) is 42.2 Å². The van der Waals surface area contributed by atoms with Gasteiger partial charge in [-0.3, -0.25) is 0 Å². The quantitative estimate of drug-likeness (QED) is 0.909. The molecular formula is C17H27NO2S. The molecule has 21 heavy (non-hydrogen) atoms. The molecule has 4 heteroatoms. The zero-order valence-corrected chi connectivity index (χ0v) is 14.1. The second-order valence-corrected chi connectivity index (χ2v) is 8.87. The summed E-state index contributed by atoms with van der Waals surface area (Å²) in [5.74, 6) is 1.77. The second-order valence-electron chi connectivity index (χ2n) is 6.73. The van der Waals surface area contributed by atoms with Crippen LogP contribution in [0, 0.1) is 11.8 Å². The average Bonchev–Trinajstić information content (AvgIpc) is 2.40. The van der Waals surface area contributed by atoms with E-state index in [4.69, 9.17) is 0 Å². The van der Waals surface area contributed by atoms with E-state index in [-0.39, 0.29) is 5.75 Å². The Balaban J connectivity index is 1.84. The summed E-state index contributed by atoms with van der Waals surface area (Å²) < 4.78 is 22.5. The molecule has 1 fully saturated rings. The molecule has 0 aliphatic heterocycles. The molecular weight excluding hydrogens is 282 g/mol. The lowest BCUT2D eigenvalue weighted by Crippen LogP contribution is -2.35. The van der Waals surface area contributed by atoms with Crippen LogP contribution < -0.4 is 5.32 Å². The Morgan fingerprint density at radius 3 is 2.24 bits per heavy atom. The highest BCUT2D eigenvalue weighted by Crippen LogP contribution is 2.29. The van der Waals surface area contributed by atoms with Crippen LogP contribution in [0.2, 0.25) is 0 Å². The first kappa shape index (κ1) is 16.5.